The van der Waals surface area contributed by atoms with E-state index in [1.807, 2.05) is 19.1 Å². The highest BCUT2D eigenvalue weighted by atomic mass is 16.4. The van der Waals surface area contributed by atoms with Gasteiger partial charge in [-0.25, -0.2) is 4.98 Å². The van der Waals surface area contributed by atoms with Crippen LogP contribution in [0, 0.1) is 0 Å². The molecule has 3 aromatic rings. The fourth-order valence-corrected chi connectivity index (χ4v) is 2.87. The molecule has 1 N–H and O–H groups in total. The van der Waals surface area contributed by atoms with E-state index < -0.39 is 0 Å². The van der Waals surface area contributed by atoms with Gasteiger partial charge in [-0.2, -0.15) is 0 Å². The van der Waals surface area contributed by atoms with Crippen LogP contribution in [-0.2, 0) is 16.6 Å². The minimum absolute atomic E-state index is 0.00108. The van der Waals surface area contributed by atoms with Gasteiger partial charge in [0.25, 0.3) is 0 Å². The zero-order chi connectivity index (χ0) is 18.7. The molecule has 0 spiro atoms. The van der Waals surface area contributed by atoms with E-state index in [9.17, 15) is 4.79 Å². The second-order valence-electron chi connectivity index (χ2n) is 7.76. The molecule has 0 radical (unpaired) electrons. The number of nitrogens with one attached hydrogen (secondary N) is 1. The average molecular weight is 350 g/mol. The molecule has 0 aliphatic carbocycles. The van der Waals surface area contributed by atoms with Crippen molar-refractivity contribution in [2.75, 3.05) is 0 Å². The van der Waals surface area contributed by atoms with Crippen LogP contribution in [0.2, 0.25) is 0 Å². The molecule has 3 rings (SSSR count). The van der Waals surface area contributed by atoms with Crippen molar-refractivity contribution in [2.45, 2.75) is 52.0 Å². The maximum atomic E-state index is 12.3. The first kappa shape index (κ1) is 18.2. The van der Waals surface area contributed by atoms with Crippen molar-refractivity contribution >= 4 is 16.7 Å². The highest BCUT2D eigenvalue weighted by molar-refractivity contribution is 5.83. The topological polar surface area (TPSA) is 55.1 Å². The van der Waals surface area contributed by atoms with Crippen molar-refractivity contribution in [1.29, 1.82) is 0 Å². The van der Waals surface area contributed by atoms with Crippen molar-refractivity contribution in [3.8, 4) is 0 Å². The molecule has 1 amide bonds. The van der Waals surface area contributed by atoms with Crippen LogP contribution in [-0.4, -0.2) is 10.9 Å². The van der Waals surface area contributed by atoms with Crippen molar-refractivity contribution < 1.29 is 9.21 Å². The summed E-state index contributed by atoms with van der Waals surface area (Å²) in [6, 6.07) is 14.5. The number of amides is 1. The van der Waals surface area contributed by atoms with Gasteiger partial charge in [0.15, 0.2) is 5.89 Å². The van der Waals surface area contributed by atoms with Crippen LogP contribution in [0.15, 0.2) is 53.1 Å². The lowest BCUT2D eigenvalue weighted by molar-refractivity contribution is -0.121. The van der Waals surface area contributed by atoms with Gasteiger partial charge in [-0.3, -0.25) is 4.79 Å². The second kappa shape index (κ2) is 7.32. The van der Waals surface area contributed by atoms with Crippen LogP contribution in [0.5, 0.6) is 0 Å². The standard InChI is InChI=1S/C22H26N2O2/c1-15(17-10-9-16-7-5-6-8-18(16)13-17)24-20(25)11-12-21-23-14-19(26-21)22(2,3)4/h5-10,13-15H,11-12H2,1-4H3,(H,24,25)/t15-/m0/s1. The van der Waals surface area contributed by atoms with Crippen molar-refractivity contribution in [3.63, 3.8) is 0 Å². The Hall–Kier alpha value is -2.62. The molecule has 0 saturated heterocycles. The number of carbonyl (C=O) groups is 1. The quantitative estimate of drug-likeness (QED) is 0.709. The first-order valence-electron chi connectivity index (χ1n) is 9.06. The van der Waals surface area contributed by atoms with E-state index in [0.29, 0.717) is 18.7 Å². The Morgan fingerprint density at radius 2 is 1.88 bits per heavy atom. The summed E-state index contributed by atoms with van der Waals surface area (Å²) in [5.41, 5.74) is 1.03. The van der Waals surface area contributed by atoms with Gasteiger partial charge >= 0.3 is 0 Å². The van der Waals surface area contributed by atoms with E-state index >= 15 is 0 Å². The van der Waals surface area contributed by atoms with E-state index in [1.54, 1.807) is 6.20 Å². The molecule has 1 heterocycles. The highest BCUT2D eigenvalue weighted by Gasteiger charge is 2.19. The largest absolute Gasteiger partial charge is 0.445 e. The molecule has 0 aliphatic heterocycles. The summed E-state index contributed by atoms with van der Waals surface area (Å²) < 4.78 is 5.75. The number of rotatable bonds is 5. The van der Waals surface area contributed by atoms with Gasteiger partial charge in [0.05, 0.1) is 12.2 Å². The minimum atomic E-state index is -0.0713. The third-order valence-electron chi connectivity index (χ3n) is 4.51. The number of aryl methyl sites for hydroxylation is 1. The lowest BCUT2D eigenvalue weighted by atomic mass is 9.94. The molecule has 4 heteroatoms. The Balaban J connectivity index is 1.57. The highest BCUT2D eigenvalue weighted by Crippen LogP contribution is 2.23. The van der Waals surface area contributed by atoms with Crippen LogP contribution in [0.25, 0.3) is 10.8 Å². The number of aromatic nitrogens is 1. The lowest BCUT2D eigenvalue weighted by Crippen LogP contribution is -2.26. The third-order valence-corrected chi connectivity index (χ3v) is 4.51. The third kappa shape index (κ3) is 4.31. The number of benzene rings is 2. The molecule has 0 saturated carbocycles. The van der Waals surface area contributed by atoms with Crippen molar-refractivity contribution in [2.24, 2.45) is 0 Å². The maximum absolute atomic E-state index is 12.3. The summed E-state index contributed by atoms with van der Waals surface area (Å²) in [5.74, 6) is 1.46. The zero-order valence-electron chi connectivity index (χ0n) is 15.9. The molecule has 0 fully saturated rings. The first-order valence-corrected chi connectivity index (χ1v) is 9.06. The Bertz CT molecular complexity index is 906. The maximum Gasteiger partial charge on any atom is 0.220 e. The monoisotopic (exact) mass is 350 g/mol. The van der Waals surface area contributed by atoms with E-state index in [2.05, 4.69) is 61.4 Å². The molecule has 2 aromatic carbocycles. The fraction of sp³-hybridized carbons (Fsp3) is 0.364. The smallest absolute Gasteiger partial charge is 0.220 e. The number of fused-ring (bicyclic) bond motifs is 1. The molecule has 136 valence electrons. The number of carbonyl (C=O) groups excluding carboxylic acids is 1. The molecular weight excluding hydrogens is 324 g/mol. The van der Waals surface area contributed by atoms with Gasteiger partial charge in [0.1, 0.15) is 5.76 Å². The minimum Gasteiger partial charge on any atom is -0.445 e. The van der Waals surface area contributed by atoms with Crippen LogP contribution < -0.4 is 5.32 Å². The van der Waals surface area contributed by atoms with Gasteiger partial charge in [0, 0.05) is 18.3 Å². The number of hydrogen-bond donors (Lipinski definition) is 1. The van der Waals surface area contributed by atoms with Crippen molar-refractivity contribution in [1.82, 2.24) is 10.3 Å². The van der Waals surface area contributed by atoms with Crippen LogP contribution in [0.1, 0.15) is 57.4 Å². The normalized spacial score (nSPS) is 12.9. The van der Waals surface area contributed by atoms with Crippen LogP contribution in [0.3, 0.4) is 0 Å². The number of oxazole rings is 1. The Kier molecular flexibility index (Phi) is 5.12. The summed E-state index contributed by atoms with van der Waals surface area (Å²) in [7, 11) is 0. The van der Waals surface area contributed by atoms with E-state index in [0.717, 1.165) is 11.3 Å². The SMILES string of the molecule is C[C@H](NC(=O)CCc1ncc(C(C)(C)C)o1)c1ccc2ccccc2c1. The predicted molar refractivity (Wildman–Crippen MR) is 104 cm³/mol. The van der Waals surface area contributed by atoms with Gasteiger partial charge in [-0.15, -0.1) is 0 Å². The molecule has 1 atom stereocenters. The van der Waals surface area contributed by atoms with E-state index in [4.69, 9.17) is 4.42 Å². The second-order valence-corrected chi connectivity index (χ2v) is 7.76. The summed E-state index contributed by atoms with van der Waals surface area (Å²) >= 11 is 0. The van der Waals surface area contributed by atoms with Crippen molar-refractivity contribution in [3.05, 3.63) is 65.9 Å². The lowest BCUT2D eigenvalue weighted by Gasteiger charge is -2.15. The number of hydrogen-bond acceptors (Lipinski definition) is 3. The summed E-state index contributed by atoms with van der Waals surface area (Å²) in [4.78, 5) is 16.6. The Morgan fingerprint density at radius 1 is 1.15 bits per heavy atom. The van der Waals surface area contributed by atoms with Gasteiger partial charge in [-0.1, -0.05) is 57.2 Å². The molecule has 0 bridgehead atoms. The Labute approximate surface area is 154 Å². The molecule has 4 nitrogen and oxygen atoms in total. The average Bonchev–Trinajstić information content (AvgIpc) is 3.09. The zero-order valence-corrected chi connectivity index (χ0v) is 15.9. The van der Waals surface area contributed by atoms with Crippen LogP contribution in [0.4, 0.5) is 0 Å². The number of nitrogens with zero attached hydrogens (tertiary/aromatic N) is 1. The molecule has 0 unspecified atom stereocenters. The summed E-state index contributed by atoms with van der Waals surface area (Å²) in [5, 5.41) is 5.44. The molecular formula is C22H26N2O2. The summed E-state index contributed by atoms with van der Waals surface area (Å²) in [6.07, 6.45) is 2.62. The molecule has 1 aromatic heterocycles. The van der Waals surface area contributed by atoms with E-state index in [1.165, 1.54) is 10.8 Å². The molecule has 26 heavy (non-hydrogen) atoms. The fourth-order valence-electron chi connectivity index (χ4n) is 2.87. The molecule has 0 aliphatic rings. The predicted octanol–water partition coefficient (Wildman–Crippen LogP) is 4.94. The van der Waals surface area contributed by atoms with Gasteiger partial charge in [-0.05, 0) is 29.3 Å². The summed E-state index contributed by atoms with van der Waals surface area (Å²) in [6.45, 7) is 8.24. The van der Waals surface area contributed by atoms with Crippen LogP contribution >= 0.6 is 0 Å². The van der Waals surface area contributed by atoms with Gasteiger partial charge in [0.2, 0.25) is 5.91 Å². The van der Waals surface area contributed by atoms with Gasteiger partial charge < -0.3 is 9.73 Å². The first-order chi connectivity index (χ1) is 12.3. The van der Waals surface area contributed by atoms with E-state index in [-0.39, 0.29) is 17.4 Å². The Morgan fingerprint density at radius 3 is 2.58 bits per heavy atom.